The molecule has 2 atom stereocenters. The molecule has 2 saturated heterocycles. The third-order valence-electron chi connectivity index (χ3n) is 5.52. The summed E-state index contributed by atoms with van der Waals surface area (Å²) in [5, 5.41) is 3.87. The lowest BCUT2D eigenvalue weighted by atomic mass is 9.83. The van der Waals surface area contributed by atoms with Crippen molar-refractivity contribution in [2.45, 2.75) is 38.3 Å². The normalized spacial score (nSPS) is 28.5. The number of sulfone groups is 1. The van der Waals surface area contributed by atoms with E-state index in [1.165, 1.54) is 0 Å². The van der Waals surface area contributed by atoms with E-state index in [2.05, 4.69) is 9.59 Å². The Kier molecular flexibility index (Phi) is 4.06. The first-order chi connectivity index (χ1) is 11.9. The van der Waals surface area contributed by atoms with Gasteiger partial charge in [-0.25, -0.2) is 8.42 Å². The first kappa shape index (κ1) is 16.9. The van der Waals surface area contributed by atoms with Gasteiger partial charge in [0.2, 0.25) is 5.91 Å². The molecule has 0 aromatic carbocycles. The number of carbonyl (C=O) groups excluding carboxylic acids is 2. The van der Waals surface area contributed by atoms with Crippen molar-refractivity contribution in [1.82, 2.24) is 19.4 Å². The van der Waals surface area contributed by atoms with Crippen molar-refractivity contribution in [1.29, 1.82) is 0 Å². The van der Waals surface area contributed by atoms with Crippen LogP contribution in [0.3, 0.4) is 0 Å². The highest BCUT2D eigenvalue weighted by Crippen LogP contribution is 2.34. The summed E-state index contributed by atoms with van der Waals surface area (Å²) < 4.78 is 28.3. The fourth-order valence-corrected chi connectivity index (χ4v) is 6.52. The minimum Gasteiger partial charge on any atom is -0.335 e. The van der Waals surface area contributed by atoms with Gasteiger partial charge in [0, 0.05) is 19.0 Å². The van der Waals surface area contributed by atoms with Gasteiger partial charge in [0.25, 0.3) is 5.91 Å². The van der Waals surface area contributed by atoms with Gasteiger partial charge in [-0.1, -0.05) is 10.9 Å². The zero-order valence-electron chi connectivity index (χ0n) is 13.9. The van der Waals surface area contributed by atoms with E-state index in [-0.39, 0.29) is 29.2 Å². The second-order valence-corrected chi connectivity index (χ2v) is 9.97. The van der Waals surface area contributed by atoms with E-state index in [0.29, 0.717) is 23.7 Å². The van der Waals surface area contributed by atoms with Gasteiger partial charge in [-0.15, -0.1) is 5.10 Å². The van der Waals surface area contributed by atoms with Crippen LogP contribution in [0.2, 0.25) is 0 Å². The zero-order valence-corrected chi connectivity index (χ0v) is 15.6. The van der Waals surface area contributed by atoms with Gasteiger partial charge in [-0.3, -0.25) is 9.59 Å². The average Bonchev–Trinajstić information content (AvgIpc) is 3.05. The molecule has 10 heteroatoms. The van der Waals surface area contributed by atoms with Crippen LogP contribution in [0.4, 0.5) is 0 Å². The maximum atomic E-state index is 12.9. The van der Waals surface area contributed by atoms with Gasteiger partial charge >= 0.3 is 0 Å². The van der Waals surface area contributed by atoms with Crippen LogP contribution < -0.4 is 0 Å². The molecule has 3 heterocycles. The smallest absolute Gasteiger partial charge is 0.267 e. The number of fused-ring (bicyclic) bond motifs is 1. The molecule has 136 valence electrons. The minimum absolute atomic E-state index is 0.0270. The van der Waals surface area contributed by atoms with E-state index in [4.69, 9.17) is 0 Å². The topological polar surface area (TPSA) is 101 Å². The highest BCUT2D eigenvalue weighted by molar-refractivity contribution is 7.91. The van der Waals surface area contributed by atoms with Crippen LogP contribution in [0.25, 0.3) is 0 Å². The number of hydrogen-bond donors (Lipinski definition) is 0. The molecule has 1 saturated carbocycles. The van der Waals surface area contributed by atoms with Crippen molar-refractivity contribution < 1.29 is 18.0 Å². The van der Waals surface area contributed by atoms with Crippen LogP contribution in [0, 0.1) is 12.8 Å². The van der Waals surface area contributed by atoms with Gasteiger partial charge in [0.05, 0.1) is 29.3 Å². The SMILES string of the molecule is Cc1nnsc1C(=O)N1CCN(C(=O)C2CCC2)[C@@H]2CS(=O)(=O)C[C@@H]21. The van der Waals surface area contributed by atoms with Crippen LogP contribution >= 0.6 is 11.5 Å². The van der Waals surface area contributed by atoms with Crippen LogP contribution in [0.1, 0.15) is 34.6 Å². The van der Waals surface area contributed by atoms with Gasteiger partial charge < -0.3 is 9.80 Å². The lowest BCUT2D eigenvalue weighted by molar-refractivity contribution is -0.143. The van der Waals surface area contributed by atoms with Gasteiger partial charge in [-0.2, -0.15) is 0 Å². The van der Waals surface area contributed by atoms with Crippen LogP contribution in [0.5, 0.6) is 0 Å². The Morgan fingerprint density at radius 2 is 1.76 bits per heavy atom. The van der Waals surface area contributed by atoms with Gasteiger partial charge in [-0.05, 0) is 31.3 Å². The molecule has 25 heavy (non-hydrogen) atoms. The van der Waals surface area contributed by atoms with E-state index in [0.717, 1.165) is 30.8 Å². The highest BCUT2D eigenvalue weighted by atomic mass is 32.2. The molecule has 4 rings (SSSR count). The molecular weight excluding hydrogens is 364 g/mol. The standard InChI is InChI=1S/C15H20N4O4S2/c1-9-13(24-17-16-9)15(21)19-6-5-18(14(20)10-3-2-4-10)11-7-25(22,23)8-12(11)19/h10-12H,2-8H2,1H3/t11-,12+/m1/s1. The maximum Gasteiger partial charge on any atom is 0.267 e. The molecule has 0 radical (unpaired) electrons. The zero-order chi connectivity index (χ0) is 17.8. The van der Waals surface area contributed by atoms with Crippen molar-refractivity contribution in [3.05, 3.63) is 10.6 Å². The first-order valence-corrected chi connectivity index (χ1v) is 11.1. The molecule has 0 spiro atoms. The summed E-state index contributed by atoms with van der Waals surface area (Å²) in [6, 6.07) is -0.909. The van der Waals surface area contributed by atoms with E-state index < -0.39 is 21.9 Å². The molecule has 2 aliphatic heterocycles. The molecule has 2 amide bonds. The third kappa shape index (κ3) is 2.84. The molecule has 1 aromatic heterocycles. The summed E-state index contributed by atoms with van der Waals surface area (Å²) in [5.41, 5.74) is 0.556. The van der Waals surface area contributed by atoms with Crippen molar-refractivity contribution in [2.24, 2.45) is 5.92 Å². The number of amides is 2. The monoisotopic (exact) mass is 384 g/mol. The Labute approximate surface area is 150 Å². The third-order valence-corrected chi connectivity index (χ3v) is 8.03. The molecule has 1 aliphatic carbocycles. The van der Waals surface area contributed by atoms with E-state index in [1.54, 1.807) is 16.7 Å². The van der Waals surface area contributed by atoms with E-state index >= 15 is 0 Å². The van der Waals surface area contributed by atoms with Crippen molar-refractivity contribution in [2.75, 3.05) is 24.6 Å². The summed E-state index contributed by atoms with van der Waals surface area (Å²) in [6.07, 6.45) is 2.82. The summed E-state index contributed by atoms with van der Waals surface area (Å²) in [4.78, 5) is 29.4. The number of nitrogens with zero attached hydrogens (tertiary/aromatic N) is 4. The molecule has 0 N–H and O–H groups in total. The minimum atomic E-state index is -3.27. The maximum absolute atomic E-state index is 12.9. The largest absolute Gasteiger partial charge is 0.335 e. The second-order valence-electron chi connectivity index (χ2n) is 7.06. The fourth-order valence-electron chi connectivity index (χ4n) is 3.93. The number of carbonyl (C=O) groups is 2. The Bertz CT molecular complexity index is 817. The van der Waals surface area contributed by atoms with Crippen LogP contribution in [-0.2, 0) is 14.6 Å². The summed E-state index contributed by atoms with van der Waals surface area (Å²) in [6.45, 7) is 2.46. The molecule has 0 unspecified atom stereocenters. The Balaban J connectivity index is 1.61. The van der Waals surface area contributed by atoms with E-state index in [1.807, 2.05) is 0 Å². The predicted octanol–water partition coefficient (Wildman–Crippen LogP) is 0.0966. The predicted molar refractivity (Wildman–Crippen MR) is 91.0 cm³/mol. The number of aryl methyl sites for hydroxylation is 1. The van der Waals surface area contributed by atoms with Crippen LogP contribution in [-0.4, -0.2) is 76.3 Å². The summed E-state index contributed by atoms with van der Waals surface area (Å²) in [5.74, 6) is -0.279. The van der Waals surface area contributed by atoms with Gasteiger partial charge in [0.1, 0.15) is 4.88 Å². The lowest BCUT2D eigenvalue weighted by Crippen LogP contribution is -2.63. The Hall–Kier alpha value is -1.55. The summed E-state index contributed by atoms with van der Waals surface area (Å²) in [7, 11) is -3.27. The highest BCUT2D eigenvalue weighted by Gasteiger charge is 2.50. The van der Waals surface area contributed by atoms with E-state index in [9.17, 15) is 18.0 Å². The Morgan fingerprint density at radius 3 is 2.32 bits per heavy atom. The van der Waals surface area contributed by atoms with Crippen molar-refractivity contribution >= 4 is 33.2 Å². The average molecular weight is 384 g/mol. The Morgan fingerprint density at radius 1 is 1.12 bits per heavy atom. The van der Waals surface area contributed by atoms with Gasteiger partial charge in [0.15, 0.2) is 9.84 Å². The lowest BCUT2D eigenvalue weighted by Gasteiger charge is -2.45. The number of aromatic nitrogens is 2. The quantitative estimate of drug-likeness (QED) is 0.717. The van der Waals surface area contributed by atoms with Crippen LogP contribution in [0.15, 0.2) is 0 Å². The number of rotatable bonds is 2. The first-order valence-electron chi connectivity index (χ1n) is 8.48. The van der Waals surface area contributed by atoms with Crippen molar-refractivity contribution in [3.8, 4) is 0 Å². The fraction of sp³-hybridized carbons (Fsp3) is 0.733. The molecule has 3 aliphatic rings. The molecule has 1 aromatic rings. The molecule has 0 bridgehead atoms. The number of hydrogen-bond acceptors (Lipinski definition) is 7. The molecule has 8 nitrogen and oxygen atoms in total. The molecular formula is C15H20N4O4S2. The second kappa shape index (κ2) is 6.01. The molecule has 3 fully saturated rings. The summed E-state index contributed by atoms with van der Waals surface area (Å²) >= 11 is 1.03. The number of piperazine rings is 1. The van der Waals surface area contributed by atoms with Crippen molar-refractivity contribution in [3.63, 3.8) is 0 Å².